The number of alkyl halides is 1. The van der Waals surface area contributed by atoms with Crippen molar-refractivity contribution in [2.24, 2.45) is 0 Å². The summed E-state index contributed by atoms with van der Waals surface area (Å²) in [5, 5.41) is 8.82. The summed E-state index contributed by atoms with van der Waals surface area (Å²) in [6.07, 6.45) is 4.90. The van der Waals surface area contributed by atoms with E-state index in [-0.39, 0.29) is 0 Å². The molecule has 1 aromatic carbocycles. The molecular weight excluding hydrogens is 194 g/mol. The summed E-state index contributed by atoms with van der Waals surface area (Å²) in [4.78, 5) is 0. The molecule has 0 N–H and O–H groups in total. The van der Waals surface area contributed by atoms with Crippen molar-refractivity contribution in [2.75, 3.05) is 5.88 Å². The Morgan fingerprint density at radius 1 is 1.50 bits per heavy atom. The SMILES string of the molecule is Cc1c(C#N)cccc1C=CCCCl. The molecule has 0 aromatic heterocycles. The highest BCUT2D eigenvalue weighted by atomic mass is 35.5. The van der Waals surface area contributed by atoms with Crippen molar-refractivity contribution in [1.29, 1.82) is 5.26 Å². The molecule has 0 amide bonds. The summed E-state index contributed by atoms with van der Waals surface area (Å²) in [5.74, 6) is 0.632. The Balaban J connectivity index is 2.94. The summed E-state index contributed by atoms with van der Waals surface area (Å²) in [6, 6.07) is 7.89. The van der Waals surface area contributed by atoms with E-state index in [0.29, 0.717) is 5.88 Å². The average molecular weight is 206 g/mol. The van der Waals surface area contributed by atoms with Gasteiger partial charge in [-0.05, 0) is 30.5 Å². The van der Waals surface area contributed by atoms with Gasteiger partial charge in [0.05, 0.1) is 11.6 Å². The van der Waals surface area contributed by atoms with Crippen LogP contribution < -0.4 is 0 Å². The van der Waals surface area contributed by atoms with Gasteiger partial charge in [0.25, 0.3) is 0 Å². The fourth-order valence-electron chi connectivity index (χ4n) is 1.23. The van der Waals surface area contributed by atoms with Gasteiger partial charge in [-0.25, -0.2) is 0 Å². The third kappa shape index (κ3) is 2.61. The second-order valence-electron chi connectivity index (χ2n) is 3.01. The van der Waals surface area contributed by atoms with Crippen LogP contribution in [0.25, 0.3) is 6.08 Å². The van der Waals surface area contributed by atoms with Crippen molar-refractivity contribution in [3.05, 3.63) is 41.0 Å². The number of nitrogens with zero attached hydrogens (tertiary/aromatic N) is 1. The molecule has 0 aliphatic carbocycles. The van der Waals surface area contributed by atoms with Crippen molar-refractivity contribution in [3.8, 4) is 6.07 Å². The minimum atomic E-state index is 0.632. The Bertz CT molecular complexity index is 374. The minimum Gasteiger partial charge on any atom is -0.192 e. The monoisotopic (exact) mass is 205 g/mol. The Labute approximate surface area is 89.6 Å². The molecule has 0 radical (unpaired) electrons. The van der Waals surface area contributed by atoms with Crippen molar-refractivity contribution >= 4 is 17.7 Å². The fourth-order valence-corrected chi connectivity index (χ4v) is 1.35. The molecule has 0 aliphatic heterocycles. The number of benzene rings is 1. The van der Waals surface area contributed by atoms with E-state index in [9.17, 15) is 0 Å². The van der Waals surface area contributed by atoms with Gasteiger partial charge in [-0.3, -0.25) is 0 Å². The van der Waals surface area contributed by atoms with Crippen molar-refractivity contribution in [2.45, 2.75) is 13.3 Å². The molecule has 1 rings (SSSR count). The zero-order valence-corrected chi connectivity index (χ0v) is 8.88. The highest BCUT2D eigenvalue weighted by Gasteiger charge is 1.99. The fraction of sp³-hybridized carbons (Fsp3) is 0.250. The molecule has 1 aromatic rings. The van der Waals surface area contributed by atoms with Crippen LogP contribution in [0.3, 0.4) is 0 Å². The zero-order valence-electron chi connectivity index (χ0n) is 8.13. The van der Waals surface area contributed by atoms with Gasteiger partial charge in [-0.1, -0.05) is 24.3 Å². The van der Waals surface area contributed by atoms with Gasteiger partial charge < -0.3 is 0 Å². The van der Waals surface area contributed by atoms with E-state index in [1.807, 2.05) is 37.3 Å². The molecular formula is C12H12ClN. The molecule has 0 fully saturated rings. The van der Waals surface area contributed by atoms with Gasteiger partial charge in [0.15, 0.2) is 0 Å². The number of halogens is 1. The third-order valence-electron chi connectivity index (χ3n) is 2.07. The largest absolute Gasteiger partial charge is 0.192 e. The van der Waals surface area contributed by atoms with E-state index < -0.39 is 0 Å². The summed E-state index contributed by atoms with van der Waals surface area (Å²) >= 11 is 5.56. The molecule has 0 spiro atoms. The van der Waals surface area contributed by atoms with Crippen molar-refractivity contribution < 1.29 is 0 Å². The maximum absolute atomic E-state index is 8.82. The maximum atomic E-state index is 8.82. The molecule has 1 nitrogen and oxygen atoms in total. The smallest absolute Gasteiger partial charge is 0.0994 e. The van der Waals surface area contributed by atoms with Gasteiger partial charge in [0.1, 0.15) is 0 Å². The maximum Gasteiger partial charge on any atom is 0.0994 e. The number of hydrogen-bond acceptors (Lipinski definition) is 1. The molecule has 0 atom stereocenters. The first-order valence-electron chi connectivity index (χ1n) is 4.52. The minimum absolute atomic E-state index is 0.632. The predicted octanol–water partition coefficient (Wildman–Crippen LogP) is 3.51. The average Bonchev–Trinajstić information content (AvgIpc) is 2.21. The van der Waals surface area contributed by atoms with Crippen LogP contribution in [0.15, 0.2) is 24.3 Å². The van der Waals surface area contributed by atoms with E-state index in [2.05, 4.69) is 6.07 Å². The van der Waals surface area contributed by atoms with Crippen LogP contribution in [-0.4, -0.2) is 5.88 Å². The molecule has 0 aliphatic rings. The molecule has 0 saturated carbocycles. The van der Waals surface area contributed by atoms with E-state index in [1.165, 1.54) is 0 Å². The van der Waals surface area contributed by atoms with Crippen LogP contribution in [0.2, 0.25) is 0 Å². The lowest BCUT2D eigenvalue weighted by atomic mass is 10.0. The van der Waals surface area contributed by atoms with Crippen LogP contribution >= 0.6 is 11.6 Å². The van der Waals surface area contributed by atoms with E-state index in [4.69, 9.17) is 16.9 Å². The summed E-state index contributed by atoms with van der Waals surface area (Å²) in [5.41, 5.74) is 2.85. The molecule has 0 bridgehead atoms. The van der Waals surface area contributed by atoms with Gasteiger partial charge in [0.2, 0.25) is 0 Å². The van der Waals surface area contributed by atoms with Gasteiger partial charge >= 0.3 is 0 Å². The Hall–Kier alpha value is -1.26. The molecule has 14 heavy (non-hydrogen) atoms. The van der Waals surface area contributed by atoms with Crippen molar-refractivity contribution in [1.82, 2.24) is 0 Å². The van der Waals surface area contributed by atoms with Crippen LogP contribution in [0.5, 0.6) is 0 Å². The quantitative estimate of drug-likeness (QED) is 0.693. The first-order valence-corrected chi connectivity index (χ1v) is 5.05. The van der Waals surface area contributed by atoms with Gasteiger partial charge in [-0.2, -0.15) is 5.26 Å². The number of allylic oxidation sites excluding steroid dienone is 1. The van der Waals surface area contributed by atoms with E-state index >= 15 is 0 Å². The topological polar surface area (TPSA) is 23.8 Å². The molecule has 0 saturated heterocycles. The second kappa shape index (κ2) is 5.47. The van der Waals surface area contributed by atoms with Crippen LogP contribution in [0, 0.1) is 18.3 Å². The predicted molar refractivity (Wildman–Crippen MR) is 60.3 cm³/mol. The summed E-state index contributed by atoms with van der Waals surface area (Å²) < 4.78 is 0. The van der Waals surface area contributed by atoms with Crippen LogP contribution in [0.1, 0.15) is 23.1 Å². The second-order valence-corrected chi connectivity index (χ2v) is 3.39. The lowest BCUT2D eigenvalue weighted by Crippen LogP contribution is -1.85. The number of rotatable bonds is 3. The zero-order chi connectivity index (χ0) is 10.4. The number of hydrogen-bond donors (Lipinski definition) is 0. The third-order valence-corrected chi connectivity index (χ3v) is 2.29. The van der Waals surface area contributed by atoms with Crippen LogP contribution in [0.4, 0.5) is 0 Å². The van der Waals surface area contributed by atoms with Gasteiger partial charge in [0, 0.05) is 5.88 Å². The summed E-state index contributed by atoms with van der Waals surface area (Å²) in [7, 11) is 0. The lowest BCUT2D eigenvalue weighted by molar-refractivity contribution is 1.24. The Morgan fingerprint density at radius 3 is 2.93 bits per heavy atom. The molecule has 0 unspecified atom stereocenters. The normalized spacial score (nSPS) is 10.4. The highest BCUT2D eigenvalue weighted by Crippen LogP contribution is 2.14. The summed E-state index contributed by atoms with van der Waals surface area (Å²) in [6.45, 7) is 1.96. The van der Waals surface area contributed by atoms with Crippen LogP contribution in [-0.2, 0) is 0 Å². The first-order chi connectivity index (χ1) is 6.79. The van der Waals surface area contributed by atoms with Crippen molar-refractivity contribution in [3.63, 3.8) is 0 Å². The Kier molecular flexibility index (Phi) is 4.22. The lowest BCUT2D eigenvalue weighted by Gasteiger charge is -2.01. The Morgan fingerprint density at radius 2 is 2.29 bits per heavy atom. The first kappa shape index (κ1) is 10.8. The standard InChI is InChI=1S/C12H12ClN/c1-10-11(5-2-3-8-13)6-4-7-12(10)9-14/h2,4-7H,3,8H2,1H3. The number of nitriles is 1. The highest BCUT2D eigenvalue weighted by molar-refractivity contribution is 6.17. The van der Waals surface area contributed by atoms with E-state index in [0.717, 1.165) is 23.1 Å². The van der Waals surface area contributed by atoms with E-state index in [1.54, 1.807) is 0 Å². The van der Waals surface area contributed by atoms with Gasteiger partial charge in [-0.15, -0.1) is 11.6 Å². The molecule has 2 heteroatoms. The molecule has 0 heterocycles. The molecule has 72 valence electrons.